The molecule has 0 aromatic carbocycles. The summed E-state index contributed by atoms with van der Waals surface area (Å²) in [6.45, 7) is 7.25. The van der Waals surface area contributed by atoms with Crippen LogP contribution in [-0.4, -0.2) is 64.9 Å². The lowest BCUT2D eigenvalue weighted by Crippen LogP contribution is -2.62. The van der Waals surface area contributed by atoms with Gasteiger partial charge in [0.15, 0.2) is 0 Å². The van der Waals surface area contributed by atoms with Gasteiger partial charge in [0.1, 0.15) is 5.76 Å². The van der Waals surface area contributed by atoms with Gasteiger partial charge in [0.2, 0.25) is 5.91 Å². The Morgan fingerprint density at radius 1 is 1.17 bits per heavy atom. The first-order valence-electron chi connectivity index (χ1n) is 9.03. The van der Waals surface area contributed by atoms with Gasteiger partial charge in [-0.2, -0.15) is 0 Å². The van der Waals surface area contributed by atoms with Gasteiger partial charge in [0.05, 0.1) is 18.8 Å². The summed E-state index contributed by atoms with van der Waals surface area (Å²) in [5.74, 6) is 1.41. The van der Waals surface area contributed by atoms with Gasteiger partial charge in [0, 0.05) is 38.3 Å². The molecule has 5 nitrogen and oxygen atoms in total. The maximum atomic E-state index is 12.6. The molecule has 0 aliphatic carbocycles. The highest BCUT2D eigenvalue weighted by Crippen LogP contribution is 2.30. The van der Waals surface area contributed by atoms with Crippen molar-refractivity contribution in [2.24, 2.45) is 0 Å². The van der Waals surface area contributed by atoms with Crippen molar-refractivity contribution >= 4 is 5.91 Å². The number of hydrogen-bond donors (Lipinski definition) is 0. The number of rotatable bonds is 3. The van der Waals surface area contributed by atoms with E-state index in [1.54, 1.807) is 6.26 Å². The number of piperazine rings is 1. The van der Waals surface area contributed by atoms with Crippen molar-refractivity contribution < 1.29 is 9.21 Å². The molecule has 0 saturated carbocycles. The Morgan fingerprint density at radius 2 is 2.00 bits per heavy atom. The SMILES string of the molecule is C[C@@H]1C(=O)N2CCC[C@H]2CN1C1CCN(Cc2ccco2)CC1. The molecular formula is C18H27N3O2. The molecule has 23 heavy (non-hydrogen) atoms. The number of furan rings is 1. The van der Waals surface area contributed by atoms with Crippen LogP contribution in [0.1, 0.15) is 38.4 Å². The van der Waals surface area contributed by atoms with Crippen LogP contribution in [0.15, 0.2) is 22.8 Å². The molecule has 0 bridgehead atoms. The van der Waals surface area contributed by atoms with Crippen LogP contribution in [0.2, 0.25) is 0 Å². The zero-order valence-corrected chi connectivity index (χ0v) is 14.0. The lowest BCUT2D eigenvalue weighted by Gasteiger charge is -2.47. The summed E-state index contributed by atoms with van der Waals surface area (Å²) in [5, 5.41) is 0. The van der Waals surface area contributed by atoms with Crippen LogP contribution in [-0.2, 0) is 11.3 Å². The highest BCUT2D eigenvalue weighted by molar-refractivity contribution is 5.83. The molecule has 1 aromatic rings. The minimum absolute atomic E-state index is 0.0611. The third-order valence-electron chi connectivity index (χ3n) is 5.92. The van der Waals surface area contributed by atoms with Crippen molar-refractivity contribution in [3.8, 4) is 0 Å². The highest BCUT2D eigenvalue weighted by atomic mass is 16.3. The van der Waals surface area contributed by atoms with Gasteiger partial charge < -0.3 is 9.32 Å². The number of amides is 1. The number of carbonyl (C=O) groups excluding carboxylic acids is 1. The summed E-state index contributed by atoms with van der Waals surface area (Å²) in [6.07, 6.45) is 6.43. The Labute approximate surface area is 138 Å². The number of likely N-dealkylation sites (tertiary alicyclic amines) is 1. The van der Waals surface area contributed by atoms with Crippen molar-refractivity contribution in [2.75, 3.05) is 26.2 Å². The fourth-order valence-electron chi connectivity index (χ4n) is 4.60. The van der Waals surface area contributed by atoms with Crippen LogP contribution in [0.5, 0.6) is 0 Å². The molecule has 4 heterocycles. The monoisotopic (exact) mass is 317 g/mol. The third kappa shape index (κ3) is 2.92. The smallest absolute Gasteiger partial charge is 0.239 e. The first kappa shape index (κ1) is 15.2. The van der Waals surface area contributed by atoms with E-state index in [0.717, 1.165) is 51.3 Å². The molecule has 2 atom stereocenters. The summed E-state index contributed by atoms with van der Waals surface area (Å²) in [7, 11) is 0. The van der Waals surface area contributed by atoms with Crippen molar-refractivity contribution in [3.05, 3.63) is 24.2 Å². The van der Waals surface area contributed by atoms with Gasteiger partial charge in [-0.25, -0.2) is 0 Å². The normalized spacial score (nSPS) is 30.8. The van der Waals surface area contributed by atoms with Gasteiger partial charge in [0.25, 0.3) is 0 Å². The van der Waals surface area contributed by atoms with Crippen LogP contribution in [0, 0.1) is 0 Å². The fourth-order valence-corrected chi connectivity index (χ4v) is 4.60. The van der Waals surface area contributed by atoms with Gasteiger partial charge >= 0.3 is 0 Å². The maximum absolute atomic E-state index is 12.6. The van der Waals surface area contributed by atoms with Crippen LogP contribution in [0.25, 0.3) is 0 Å². The Morgan fingerprint density at radius 3 is 2.74 bits per heavy atom. The van der Waals surface area contributed by atoms with Crippen molar-refractivity contribution in [1.82, 2.24) is 14.7 Å². The predicted molar refractivity (Wildman–Crippen MR) is 87.9 cm³/mol. The molecule has 3 aliphatic heterocycles. The first-order chi connectivity index (χ1) is 11.2. The molecule has 0 spiro atoms. The van der Waals surface area contributed by atoms with Gasteiger partial charge in [-0.05, 0) is 44.7 Å². The molecule has 0 radical (unpaired) electrons. The quantitative estimate of drug-likeness (QED) is 0.854. The summed E-state index contributed by atoms with van der Waals surface area (Å²) in [4.78, 5) is 19.7. The summed E-state index contributed by atoms with van der Waals surface area (Å²) < 4.78 is 5.46. The van der Waals surface area contributed by atoms with Crippen LogP contribution < -0.4 is 0 Å². The van der Waals surface area contributed by atoms with E-state index < -0.39 is 0 Å². The van der Waals surface area contributed by atoms with E-state index in [2.05, 4.69) is 21.6 Å². The van der Waals surface area contributed by atoms with E-state index in [1.807, 2.05) is 12.1 Å². The van der Waals surface area contributed by atoms with Gasteiger partial charge in [-0.1, -0.05) is 0 Å². The van der Waals surface area contributed by atoms with Crippen molar-refractivity contribution in [1.29, 1.82) is 0 Å². The molecule has 0 unspecified atom stereocenters. The molecule has 3 fully saturated rings. The first-order valence-corrected chi connectivity index (χ1v) is 9.03. The van der Waals surface area contributed by atoms with Crippen LogP contribution >= 0.6 is 0 Å². The number of piperidine rings is 1. The zero-order chi connectivity index (χ0) is 15.8. The summed E-state index contributed by atoms with van der Waals surface area (Å²) in [6, 6.07) is 5.10. The Hall–Kier alpha value is -1.33. The number of fused-ring (bicyclic) bond motifs is 1. The molecule has 1 aromatic heterocycles. The average molecular weight is 317 g/mol. The second-order valence-electron chi connectivity index (χ2n) is 7.29. The Balaban J connectivity index is 1.35. The van der Waals surface area contributed by atoms with E-state index in [-0.39, 0.29) is 6.04 Å². The van der Waals surface area contributed by atoms with E-state index in [1.165, 1.54) is 12.8 Å². The van der Waals surface area contributed by atoms with Crippen molar-refractivity contribution in [3.63, 3.8) is 0 Å². The minimum Gasteiger partial charge on any atom is -0.468 e. The maximum Gasteiger partial charge on any atom is 0.239 e. The standard InChI is InChI=1S/C18H27N3O2/c1-14-18(22)20-8-2-4-16(20)12-21(14)15-6-9-19(10-7-15)13-17-5-3-11-23-17/h3,5,11,14-16H,2,4,6-10,12-13H2,1H3/t14-,16+/m1/s1. The Kier molecular flexibility index (Phi) is 4.16. The van der Waals surface area contributed by atoms with E-state index in [9.17, 15) is 4.79 Å². The third-order valence-corrected chi connectivity index (χ3v) is 5.92. The molecule has 5 heteroatoms. The summed E-state index contributed by atoms with van der Waals surface area (Å²) in [5.41, 5.74) is 0. The topological polar surface area (TPSA) is 39.9 Å². The summed E-state index contributed by atoms with van der Waals surface area (Å²) >= 11 is 0. The fraction of sp³-hybridized carbons (Fsp3) is 0.722. The van der Waals surface area contributed by atoms with Gasteiger partial charge in [-0.15, -0.1) is 0 Å². The minimum atomic E-state index is 0.0611. The molecule has 4 rings (SSSR count). The average Bonchev–Trinajstić information content (AvgIpc) is 3.23. The molecule has 0 N–H and O–H groups in total. The highest BCUT2D eigenvalue weighted by Gasteiger charge is 2.42. The molecule has 3 saturated heterocycles. The van der Waals surface area contributed by atoms with E-state index in [0.29, 0.717) is 18.0 Å². The van der Waals surface area contributed by atoms with Crippen molar-refractivity contribution in [2.45, 2.75) is 57.3 Å². The lowest BCUT2D eigenvalue weighted by molar-refractivity contribution is -0.145. The molecule has 1 amide bonds. The molecule has 126 valence electrons. The second-order valence-corrected chi connectivity index (χ2v) is 7.29. The largest absolute Gasteiger partial charge is 0.468 e. The predicted octanol–water partition coefficient (Wildman–Crippen LogP) is 1.94. The zero-order valence-electron chi connectivity index (χ0n) is 14.0. The number of carbonyl (C=O) groups is 1. The van der Waals surface area contributed by atoms with Crippen LogP contribution in [0.3, 0.4) is 0 Å². The number of hydrogen-bond acceptors (Lipinski definition) is 4. The molecular weight excluding hydrogens is 290 g/mol. The van der Waals surface area contributed by atoms with E-state index >= 15 is 0 Å². The van der Waals surface area contributed by atoms with Gasteiger partial charge in [-0.3, -0.25) is 14.6 Å². The Bertz CT molecular complexity index is 536. The van der Waals surface area contributed by atoms with Crippen LogP contribution in [0.4, 0.5) is 0 Å². The van der Waals surface area contributed by atoms with E-state index in [4.69, 9.17) is 4.42 Å². The second kappa shape index (κ2) is 6.29. The lowest BCUT2D eigenvalue weighted by atomic mass is 9.97. The molecule has 3 aliphatic rings. The number of nitrogens with zero attached hydrogens (tertiary/aromatic N) is 3.